The van der Waals surface area contributed by atoms with Gasteiger partial charge in [-0.15, -0.1) is 6.42 Å². The van der Waals surface area contributed by atoms with E-state index in [1.807, 2.05) is 0 Å². The molecule has 0 unspecified atom stereocenters. The number of amides is 1. The highest BCUT2D eigenvalue weighted by atomic mass is 35.5. The second-order valence-corrected chi connectivity index (χ2v) is 7.80. The van der Waals surface area contributed by atoms with Crippen LogP contribution in [-0.4, -0.2) is 49.3 Å². The molecule has 1 saturated heterocycles. The number of benzene rings is 2. The van der Waals surface area contributed by atoms with E-state index in [1.165, 1.54) is 23.0 Å². The summed E-state index contributed by atoms with van der Waals surface area (Å²) in [5.74, 6) is 2.19. The van der Waals surface area contributed by atoms with Crippen molar-refractivity contribution >= 4 is 64.2 Å². The van der Waals surface area contributed by atoms with Crippen molar-refractivity contribution in [1.29, 1.82) is 0 Å². The first kappa shape index (κ1) is 24.4. The first-order valence-corrected chi connectivity index (χ1v) is 10.6. The van der Waals surface area contributed by atoms with Gasteiger partial charge in [0.15, 0.2) is 10.9 Å². The second kappa shape index (κ2) is 10.6. The lowest BCUT2D eigenvalue weighted by molar-refractivity contribution is -0.140. The molecule has 0 radical (unpaired) electrons. The van der Waals surface area contributed by atoms with Gasteiger partial charge < -0.3 is 19.1 Å². The third-order valence-corrected chi connectivity index (χ3v) is 5.57. The molecule has 3 rings (SSSR count). The number of rotatable bonds is 7. The summed E-state index contributed by atoms with van der Waals surface area (Å²) >= 11 is 18.1. The van der Waals surface area contributed by atoms with Crippen molar-refractivity contribution < 1.29 is 23.8 Å². The average Bonchev–Trinajstić information content (AvgIpc) is 3.02. The Labute approximate surface area is 206 Å². The minimum Gasteiger partial charge on any atom is -0.497 e. The zero-order chi connectivity index (χ0) is 24.1. The number of ether oxygens (including phenoxy) is 3. The number of nitrogens with zero attached hydrogens (tertiary/aromatic N) is 2. The number of methoxy groups -OCH3 is 2. The monoisotopic (exact) mass is 504 g/mol. The van der Waals surface area contributed by atoms with Crippen molar-refractivity contribution in [3.63, 3.8) is 0 Å². The summed E-state index contributed by atoms with van der Waals surface area (Å²) in [5, 5.41) is 0.543. The molecule has 1 heterocycles. The van der Waals surface area contributed by atoms with Crippen molar-refractivity contribution in [2.45, 2.75) is 0 Å². The van der Waals surface area contributed by atoms with Gasteiger partial charge in [0.1, 0.15) is 24.6 Å². The second-order valence-electron chi connectivity index (χ2n) is 6.62. The average molecular weight is 505 g/mol. The van der Waals surface area contributed by atoms with E-state index < -0.39 is 11.9 Å². The summed E-state index contributed by atoms with van der Waals surface area (Å²) in [4.78, 5) is 28.1. The number of anilines is 1. The molecule has 0 aliphatic carbocycles. The summed E-state index contributed by atoms with van der Waals surface area (Å²) in [6, 6.07) is 9.91. The van der Waals surface area contributed by atoms with Crippen molar-refractivity contribution in [2.75, 3.05) is 32.3 Å². The molecule has 1 amide bonds. The Bertz CT molecular complexity index is 1150. The number of halogens is 2. The Morgan fingerprint density at radius 3 is 2.36 bits per heavy atom. The minimum absolute atomic E-state index is 0.00361. The molecular formula is C23H18Cl2N2O5S. The summed E-state index contributed by atoms with van der Waals surface area (Å²) in [5.41, 5.74) is 1.15. The van der Waals surface area contributed by atoms with Crippen LogP contribution >= 0.6 is 35.4 Å². The summed E-state index contributed by atoms with van der Waals surface area (Å²) in [6.45, 7) is -0.263. The van der Waals surface area contributed by atoms with E-state index in [0.717, 1.165) is 0 Å². The number of terminal acetylenes is 1. The lowest BCUT2D eigenvalue weighted by Gasteiger charge is -2.19. The molecule has 0 spiro atoms. The van der Waals surface area contributed by atoms with Crippen LogP contribution in [0, 0.1) is 12.3 Å². The van der Waals surface area contributed by atoms with Gasteiger partial charge >= 0.3 is 5.97 Å². The third-order valence-electron chi connectivity index (χ3n) is 4.60. The van der Waals surface area contributed by atoms with Crippen molar-refractivity contribution in [2.24, 2.45) is 0 Å². The van der Waals surface area contributed by atoms with Crippen LogP contribution in [0.25, 0.3) is 6.08 Å². The topological polar surface area (TPSA) is 68.3 Å². The number of hydrogen-bond acceptors (Lipinski definition) is 6. The number of carbonyl (C=O) groups is 2. The molecule has 0 aromatic heterocycles. The molecule has 7 nitrogen and oxygen atoms in total. The van der Waals surface area contributed by atoms with Gasteiger partial charge in [0.2, 0.25) is 0 Å². The van der Waals surface area contributed by atoms with E-state index >= 15 is 0 Å². The van der Waals surface area contributed by atoms with E-state index in [2.05, 4.69) is 5.92 Å². The van der Waals surface area contributed by atoms with Crippen molar-refractivity contribution in [3.05, 3.63) is 57.7 Å². The van der Waals surface area contributed by atoms with Crippen LogP contribution in [0.2, 0.25) is 10.0 Å². The SMILES string of the molecule is C#CCOc1c(Cl)cc(/C=C2/C(=O)N(c3ccc(OC)cc3)C(=S)N2CC(=O)OC)cc1Cl. The van der Waals surface area contributed by atoms with Crippen LogP contribution in [0.5, 0.6) is 11.5 Å². The van der Waals surface area contributed by atoms with Gasteiger partial charge in [0.05, 0.1) is 30.0 Å². The first-order chi connectivity index (χ1) is 15.8. The third kappa shape index (κ3) is 5.22. The van der Waals surface area contributed by atoms with E-state index in [-0.39, 0.29) is 39.8 Å². The highest BCUT2D eigenvalue weighted by Crippen LogP contribution is 2.36. The lowest BCUT2D eigenvalue weighted by atomic mass is 10.1. The largest absolute Gasteiger partial charge is 0.497 e. The van der Waals surface area contributed by atoms with E-state index in [9.17, 15) is 9.59 Å². The normalized spacial score (nSPS) is 14.5. The molecule has 2 aromatic carbocycles. The van der Waals surface area contributed by atoms with Crippen LogP contribution in [-0.2, 0) is 14.3 Å². The van der Waals surface area contributed by atoms with Crippen LogP contribution in [0.3, 0.4) is 0 Å². The van der Waals surface area contributed by atoms with Gasteiger partial charge in [0, 0.05) is 0 Å². The zero-order valence-corrected chi connectivity index (χ0v) is 20.0. The maximum atomic E-state index is 13.4. The quantitative estimate of drug-likeness (QED) is 0.242. The summed E-state index contributed by atoms with van der Waals surface area (Å²) < 4.78 is 15.3. The van der Waals surface area contributed by atoms with Gasteiger partial charge in [0.25, 0.3) is 5.91 Å². The summed E-state index contributed by atoms with van der Waals surface area (Å²) in [6.07, 6.45) is 6.74. The fraction of sp³-hybridized carbons (Fsp3) is 0.174. The molecule has 0 N–H and O–H groups in total. The number of thiocarbonyl (C=S) groups is 1. The van der Waals surface area contributed by atoms with Crippen molar-refractivity contribution in [3.8, 4) is 23.8 Å². The highest BCUT2D eigenvalue weighted by Gasteiger charge is 2.40. The Hall–Kier alpha value is -3.25. The van der Waals surface area contributed by atoms with Crippen LogP contribution < -0.4 is 14.4 Å². The summed E-state index contributed by atoms with van der Waals surface area (Å²) in [7, 11) is 2.79. The molecule has 10 heteroatoms. The molecule has 170 valence electrons. The van der Waals surface area contributed by atoms with E-state index in [1.54, 1.807) is 43.5 Å². The maximum Gasteiger partial charge on any atom is 0.325 e. The Morgan fingerprint density at radius 2 is 1.82 bits per heavy atom. The minimum atomic E-state index is -0.568. The van der Waals surface area contributed by atoms with Gasteiger partial charge in [-0.2, -0.15) is 0 Å². The van der Waals surface area contributed by atoms with Gasteiger partial charge in [-0.05, 0) is 60.3 Å². The molecule has 1 fully saturated rings. The molecule has 0 bridgehead atoms. The number of hydrogen-bond donors (Lipinski definition) is 0. The van der Waals surface area contributed by atoms with Gasteiger partial charge in [-0.1, -0.05) is 29.1 Å². The fourth-order valence-electron chi connectivity index (χ4n) is 3.06. The van der Waals surface area contributed by atoms with E-state index in [4.69, 9.17) is 56.1 Å². The van der Waals surface area contributed by atoms with Crippen LogP contribution in [0.1, 0.15) is 5.56 Å². The fourth-order valence-corrected chi connectivity index (χ4v) is 4.02. The Balaban J connectivity index is 2.04. The molecule has 33 heavy (non-hydrogen) atoms. The molecule has 0 saturated carbocycles. The molecule has 1 aliphatic heterocycles. The van der Waals surface area contributed by atoms with E-state index in [0.29, 0.717) is 17.0 Å². The number of carbonyl (C=O) groups excluding carboxylic acids is 2. The maximum absolute atomic E-state index is 13.4. The van der Waals surface area contributed by atoms with Crippen LogP contribution in [0.4, 0.5) is 5.69 Å². The predicted molar refractivity (Wildman–Crippen MR) is 131 cm³/mol. The number of esters is 1. The standard InChI is InChI=1S/C23H18Cl2N2O5S/c1-4-9-32-21-17(24)10-14(11-18(21)25)12-19-22(29)27(15-5-7-16(30-2)8-6-15)23(33)26(19)13-20(28)31-3/h1,5-8,10-12H,9,13H2,2-3H3/b19-12-. The molecule has 1 aliphatic rings. The highest BCUT2D eigenvalue weighted by molar-refractivity contribution is 7.80. The molecular weight excluding hydrogens is 487 g/mol. The zero-order valence-electron chi connectivity index (χ0n) is 17.6. The van der Waals surface area contributed by atoms with Gasteiger partial charge in [-0.25, -0.2) is 0 Å². The van der Waals surface area contributed by atoms with Gasteiger partial charge in [-0.3, -0.25) is 14.5 Å². The molecule has 2 aromatic rings. The Kier molecular flexibility index (Phi) is 7.82. The van der Waals surface area contributed by atoms with Crippen molar-refractivity contribution in [1.82, 2.24) is 4.90 Å². The smallest absolute Gasteiger partial charge is 0.325 e. The Morgan fingerprint density at radius 1 is 1.18 bits per heavy atom. The molecule has 0 atom stereocenters. The first-order valence-electron chi connectivity index (χ1n) is 9.44. The lowest BCUT2D eigenvalue weighted by Crippen LogP contribution is -2.35. The predicted octanol–water partition coefficient (Wildman–Crippen LogP) is 4.16. The van der Waals surface area contributed by atoms with Crippen LogP contribution in [0.15, 0.2) is 42.1 Å².